The zero-order valence-electron chi connectivity index (χ0n) is 58.2. The normalized spacial score (nSPS) is 13.7. The molecule has 88 heavy (non-hydrogen) atoms. The molecule has 0 heterocycles. The molecule has 0 spiro atoms. The molecule has 0 rings (SSSR count). The first-order chi connectivity index (χ1) is 43.0. The molecule has 0 bridgehead atoms. The largest absolute Gasteiger partial charge is 0.472 e. The number of nitrogens with zero attached hydrogens (tertiary/aromatic N) is 1. The summed E-state index contributed by atoms with van der Waals surface area (Å²) in [6.45, 7) is 4.28. The average molecular weight is 1250 g/mol. The van der Waals surface area contributed by atoms with E-state index in [2.05, 4.69) is 111 Å². The highest BCUT2D eigenvalue weighted by molar-refractivity contribution is 7.47. The number of hydrogen-bond acceptors (Lipinski definition) is 7. The van der Waals surface area contributed by atoms with Crippen molar-refractivity contribution in [2.45, 2.75) is 341 Å². The van der Waals surface area contributed by atoms with Crippen LogP contribution in [-0.4, -0.2) is 74.9 Å². The van der Waals surface area contributed by atoms with Gasteiger partial charge in [0.1, 0.15) is 19.8 Å². The van der Waals surface area contributed by atoms with Gasteiger partial charge in [-0.2, -0.15) is 0 Å². The fraction of sp³-hybridized carbons (Fsp3) is 0.769. The van der Waals surface area contributed by atoms with Crippen LogP contribution in [0.25, 0.3) is 0 Å². The fourth-order valence-electron chi connectivity index (χ4n) is 10.5. The molecule has 0 aromatic carbocycles. The van der Waals surface area contributed by atoms with Gasteiger partial charge in [-0.3, -0.25) is 18.6 Å². The predicted octanol–water partition coefficient (Wildman–Crippen LogP) is 24.3. The van der Waals surface area contributed by atoms with E-state index in [-0.39, 0.29) is 32.0 Å². The van der Waals surface area contributed by atoms with Crippen LogP contribution < -0.4 is 0 Å². The van der Waals surface area contributed by atoms with Gasteiger partial charge in [0, 0.05) is 12.8 Å². The summed E-state index contributed by atoms with van der Waals surface area (Å²) < 4.78 is 34.6. The van der Waals surface area contributed by atoms with Crippen molar-refractivity contribution in [3.05, 3.63) is 97.2 Å². The van der Waals surface area contributed by atoms with Crippen LogP contribution in [-0.2, 0) is 32.7 Å². The van der Waals surface area contributed by atoms with Gasteiger partial charge in [0.15, 0.2) is 6.10 Å². The monoisotopic (exact) mass is 1250 g/mol. The standard InChI is InChI=1S/C78H140NO8P/c1-6-8-10-12-14-16-18-20-22-24-26-28-30-31-32-33-34-35-36-37-38-39-40-41-42-43-44-45-46-47-49-50-52-54-56-58-60-62-64-66-68-70-77(80)84-74-76(75-86-88(82,83)85-73-72-79(3,4)5)87-78(81)71-69-67-65-63-61-59-57-55-53-51-48-29-27-25-23-21-19-17-15-13-11-9-7-2/h9,11,15,17,21,23-24,26-27,29,51,53,57,59,63,65,76H,6-8,10,12-14,16,18-20,22,25,28,30-50,52,54-56,58,60-62,64,66-75H2,1-5H3/p+1/b11-9-,17-15-,23-21-,26-24-,29-27-,53-51-,59-57-,65-63-. The summed E-state index contributed by atoms with van der Waals surface area (Å²) in [6, 6.07) is 0. The molecule has 0 aliphatic rings. The number of allylic oxidation sites excluding steroid dienone is 16. The van der Waals surface area contributed by atoms with Gasteiger partial charge in [0.05, 0.1) is 27.7 Å². The number of unbranched alkanes of at least 4 members (excludes halogenated alkanes) is 38. The lowest BCUT2D eigenvalue weighted by Gasteiger charge is -2.24. The number of phosphoric ester groups is 1. The Balaban J connectivity index is 3.96. The zero-order chi connectivity index (χ0) is 64.1. The molecule has 2 atom stereocenters. The van der Waals surface area contributed by atoms with Crippen LogP contribution in [0.3, 0.4) is 0 Å². The summed E-state index contributed by atoms with van der Waals surface area (Å²) in [5.74, 6) is -0.861. The smallest absolute Gasteiger partial charge is 0.462 e. The van der Waals surface area contributed by atoms with Gasteiger partial charge >= 0.3 is 19.8 Å². The summed E-state index contributed by atoms with van der Waals surface area (Å²) >= 11 is 0. The van der Waals surface area contributed by atoms with E-state index in [4.69, 9.17) is 18.5 Å². The van der Waals surface area contributed by atoms with E-state index in [1.807, 2.05) is 21.1 Å². The van der Waals surface area contributed by atoms with Crippen LogP contribution in [0.2, 0.25) is 0 Å². The van der Waals surface area contributed by atoms with Crippen LogP contribution in [0.1, 0.15) is 335 Å². The molecule has 0 fully saturated rings. The van der Waals surface area contributed by atoms with Gasteiger partial charge in [-0.15, -0.1) is 0 Å². The van der Waals surface area contributed by atoms with Gasteiger partial charge in [-0.1, -0.05) is 329 Å². The number of carbonyl (C=O) groups excluding carboxylic acids is 2. The van der Waals surface area contributed by atoms with Crippen LogP contribution in [0.15, 0.2) is 97.2 Å². The first-order valence-electron chi connectivity index (χ1n) is 37.0. The molecule has 0 aromatic heterocycles. The Morgan fingerprint density at radius 2 is 0.659 bits per heavy atom. The molecule has 0 aliphatic carbocycles. The van der Waals surface area contributed by atoms with Gasteiger partial charge < -0.3 is 18.9 Å². The number of rotatable bonds is 68. The summed E-state index contributed by atoms with van der Waals surface area (Å²) in [5, 5.41) is 0. The number of carbonyl (C=O) groups is 2. The molecular formula is C78H141NO8P+. The highest BCUT2D eigenvalue weighted by atomic mass is 31.2. The van der Waals surface area contributed by atoms with Crippen molar-refractivity contribution >= 4 is 19.8 Å². The average Bonchev–Trinajstić information content (AvgIpc) is 3.68. The Hall–Kier alpha value is -3.07. The molecule has 10 heteroatoms. The van der Waals surface area contributed by atoms with Crippen LogP contribution in [0.5, 0.6) is 0 Å². The summed E-state index contributed by atoms with van der Waals surface area (Å²) in [7, 11) is 1.44. The number of quaternary nitrogens is 1. The predicted molar refractivity (Wildman–Crippen MR) is 381 cm³/mol. The van der Waals surface area contributed by atoms with Crippen LogP contribution in [0, 0.1) is 0 Å². The number of phosphoric acid groups is 1. The lowest BCUT2D eigenvalue weighted by atomic mass is 10.0. The lowest BCUT2D eigenvalue weighted by Crippen LogP contribution is -2.37. The zero-order valence-corrected chi connectivity index (χ0v) is 59.1. The fourth-order valence-corrected chi connectivity index (χ4v) is 11.2. The van der Waals surface area contributed by atoms with Crippen LogP contribution >= 0.6 is 7.82 Å². The Kier molecular flexibility index (Phi) is 65.9. The third-order valence-electron chi connectivity index (χ3n) is 16.1. The van der Waals surface area contributed by atoms with Crippen molar-refractivity contribution in [1.29, 1.82) is 0 Å². The molecule has 0 amide bonds. The molecule has 0 aliphatic heterocycles. The van der Waals surface area contributed by atoms with E-state index < -0.39 is 26.5 Å². The van der Waals surface area contributed by atoms with E-state index in [1.165, 1.54) is 231 Å². The molecule has 0 saturated carbocycles. The Bertz CT molecular complexity index is 1810. The van der Waals surface area contributed by atoms with Crippen molar-refractivity contribution in [2.75, 3.05) is 47.5 Å². The minimum Gasteiger partial charge on any atom is -0.462 e. The second kappa shape index (κ2) is 68.3. The summed E-state index contributed by atoms with van der Waals surface area (Å²) in [6.07, 6.45) is 95.7. The lowest BCUT2D eigenvalue weighted by molar-refractivity contribution is -0.870. The van der Waals surface area contributed by atoms with Crippen molar-refractivity contribution in [2.24, 2.45) is 0 Å². The minimum absolute atomic E-state index is 0.0174. The van der Waals surface area contributed by atoms with E-state index in [0.717, 1.165) is 64.2 Å². The Morgan fingerprint density at radius 3 is 1.01 bits per heavy atom. The Labute approximate surface area is 544 Å². The van der Waals surface area contributed by atoms with E-state index in [9.17, 15) is 19.0 Å². The molecular weight excluding hydrogens is 1110 g/mol. The maximum atomic E-state index is 12.8. The highest BCUT2D eigenvalue weighted by Gasteiger charge is 2.27. The number of likely N-dealkylation sites (N-methyl/N-ethyl adjacent to an activating group) is 1. The third kappa shape index (κ3) is 72.0. The topological polar surface area (TPSA) is 108 Å². The Morgan fingerprint density at radius 1 is 0.364 bits per heavy atom. The minimum atomic E-state index is -4.41. The van der Waals surface area contributed by atoms with Gasteiger partial charge in [0.2, 0.25) is 0 Å². The highest BCUT2D eigenvalue weighted by Crippen LogP contribution is 2.43. The number of ether oxygens (including phenoxy) is 2. The van der Waals surface area contributed by atoms with Crippen molar-refractivity contribution < 1.29 is 42.1 Å². The van der Waals surface area contributed by atoms with Crippen molar-refractivity contribution in [1.82, 2.24) is 0 Å². The first-order valence-corrected chi connectivity index (χ1v) is 38.5. The second-order valence-electron chi connectivity index (χ2n) is 25.9. The van der Waals surface area contributed by atoms with Gasteiger partial charge in [-0.25, -0.2) is 4.57 Å². The third-order valence-corrected chi connectivity index (χ3v) is 17.1. The van der Waals surface area contributed by atoms with Gasteiger partial charge in [-0.05, 0) is 89.9 Å². The summed E-state index contributed by atoms with van der Waals surface area (Å²) in [5.41, 5.74) is 0. The molecule has 2 unspecified atom stereocenters. The SMILES string of the molecule is CC/C=C\C/C=C\C/C=C\C/C=C\C/C=C\C/C=C\C/C=C\CCCC(=O)OC(COC(=O)CCCCCCCCCCCCCCCCCCCCCCCCCCCCCCC/C=C\CCCCCCCCCC)COP(=O)(O)OCC[N+](C)(C)C. The molecule has 0 saturated heterocycles. The molecule has 0 radical (unpaired) electrons. The van der Waals surface area contributed by atoms with Crippen molar-refractivity contribution in [3.8, 4) is 0 Å². The van der Waals surface area contributed by atoms with E-state index in [0.29, 0.717) is 23.9 Å². The molecule has 1 N–H and O–H groups in total. The van der Waals surface area contributed by atoms with E-state index in [1.54, 1.807) is 0 Å². The first kappa shape index (κ1) is 84.9. The van der Waals surface area contributed by atoms with Crippen LogP contribution in [0.4, 0.5) is 0 Å². The molecule has 9 nitrogen and oxygen atoms in total. The summed E-state index contributed by atoms with van der Waals surface area (Å²) in [4.78, 5) is 35.8. The number of esters is 2. The molecule has 0 aromatic rings. The molecule has 510 valence electrons. The van der Waals surface area contributed by atoms with E-state index >= 15 is 0 Å². The maximum Gasteiger partial charge on any atom is 0.472 e. The van der Waals surface area contributed by atoms with Crippen molar-refractivity contribution in [3.63, 3.8) is 0 Å². The quantitative estimate of drug-likeness (QED) is 0.0211. The second-order valence-corrected chi connectivity index (χ2v) is 27.4. The van der Waals surface area contributed by atoms with Gasteiger partial charge in [0.25, 0.3) is 0 Å². The maximum absolute atomic E-state index is 12.8. The number of hydrogen-bond donors (Lipinski definition) is 1.